The van der Waals surface area contributed by atoms with Gasteiger partial charge in [0.25, 0.3) is 5.91 Å². The number of ether oxygens (including phenoxy) is 3. The monoisotopic (exact) mass is 751 g/mol. The Morgan fingerprint density at radius 2 is 1.86 bits per heavy atom. The second-order valence-corrected chi connectivity index (χ2v) is 14.1. The third-order valence-electron chi connectivity index (χ3n) is 9.80. The summed E-state index contributed by atoms with van der Waals surface area (Å²) in [6.07, 6.45) is 4.64. The van der Waals surface area contributed by atoms with Gasteiger partial charge < -0.3 is 34.4 Å². The number of halogens is 1. The zero-order valence-electron chi connectivity index (χ0n) is 28.4. The minimum absolute atomic E-state index is 0.0225. The van der Waals surface area contributed by atoms with Crippen molar-refractivity contribution in [2.45, 2.75) is 67.2 Å². The maximum Gasteiger partial charge on any atom is 0.313 e. The lowest BCUT2D eigenvalue weighted by atomic mass is 9.70. The molecule has 1 unspecified atom stereocenters. The van der Waals surface area contributed by atoms with E-state index in [1.807, 2.05) is 30.3 Å². The number of likely N-dealkylation sites (tertiary alicyclic amines) is 1. The Hall–Kier alpha value is -4.00. The van der Waals surface area contributed by atoms with E-state index in [9.17, 15) is 24.3 Å². The number of nitrogens with one attached hydrogen (secondary N) is 1. The number of allylic oxidation sites excluding steroid dienone is 1. The topological polar surface area (TPSA) is 135 Å². The van der Waals surface area contributed by atoms with Crippen LogP contribution in [0.4, 0.5) is 5.69 Å². The predicted octanol–water partition coefficient (Wildman–Crippen LogP) is 4.49. The van der Waals surface area contributed by atoms with Crippen LogP contribution in [0.3, 0.4) is 0 Å². The van der Waals surface area contributed by atoms with E-state index >= 15 is 0 Å². The SMILES string of the molecule is C=CCCC(=O)NC[C@@H](OC(=O)[C@H]1[C@@H]2O[C@@]3(CC2Br)[C@@H]1C(=O)N(CCCCCO)[C@@H]3C(=O)N(CC=C)c1ccc(OC)cc1)c1ccccc1. The smallest absolute Gasteiger partial charge is 0.313 e. The van der Waals surface area contributed by atoms with Gasteiger partial charge in [-0.1, -0.05) is 58.4 Å². The summed E-state index contributed by atoms with van der Waals surface area (Å²) in [5.41, 5.74) is -0.00126. The number of methoxy groups -OCH3 is 1. The van der Waals surface area contributed by atoms with Gasteiger partial charge in [-0.15, -0.1) is 13.2 Å². The number of hydrogen-bond donors (Lipinski definition) is 2. The summed E-state index contributed by atoms with van der Waals surface area (Å²) in [7, 11) is 1.56. The molecule has 11 nitrogen and oxygen atoms in total. The van der Waals surface area contributed by atoms with E-state index in [0.717, 1.165) is 0 Å². The fourth-order valence-electron chi connectivity index (χ4n) is 7.49. The Balaban J connectivity index is 1.47. The summed E-state index contributed by atoms with van der Waals surface area (Å²) in [6, 6.07) is 15.2. The molecule has 3 saturated heterocycles. The molecule has 7 atom stereocenters. The van der Waals surface area contributed by atoms with Gasteiger partial charge in [-0.2, -0.15) is 0 Å². The molecular weight excluding hydrogens is 706 g/mol. The number of anilines is 1. The number of rotatable bonds is 18. The Kier molecular flexibility index (Phi) is 12.5. The Morgan fingerprint density at radius 3 is 2.52 bits per heavy atom. The van der Waals surface area contributed by atoms with Crippen LogP contribution in [-0.2, 0) is 28.7 Å². The van der Waals surface area contributed by atoms with E-state index in [4.69, 9.17) is 14.2 Å². The first-order valence-corrected chi connectivity index (χ1v) is 18.0. The van der Waals surface area contributed by atoms with E-state index in [2.05, 4.69) is 34.4 Å². The molecule has 3 aliphatic rings. The van der Waals surface area contributed by atoms with Crippen molar-refractivity contribution in [1.82, 2.24) is 10.2 Å². The Labute approximate surface area is 301 Å². The number of fused-ring (bicyclic) bond motifs is 1. The highest BCUT2D eigenvalue weighted by molar-refractivity contribution is 9.09. The van der Waals surface area contributed by atoms with Crippen molar-refractivity contribution < 1.29 is 38.5 Å². The quantitative estimate of drug-likeness (QED) is 0.0986. The lowest BCUT2D eigenvalue weighted by Gasteiger charge is -2.37. The molecule has 3 heterocycles. The molecule has 1 spiro atoms. The lowest BCUT2D eigenvalue weighted by Crippen LogP contribution is -2.57. The van der Waals surface area contributed by atoms with Gasteiger partial charge in [-0.25, -0.2) is 0 Å². The summed E-state index contributed by atoms with van der Waals surface area (Å²) in [6.45, 7) is 8.04. The zero-order chi connectivity index (χ0) is 35.8. The fourth-order valence-corrected chi connectivity index (χ4v) is 8.44. The third kappa shape index (κ3) is 7.52. The minimum atomic E-state index is -1.29. The molecule has 0 aromatic heterocycles. The molecule has 12 heteroatoms. The van der Waals surface area contributed by atoms with Crippen LogP contribution < -0.4 is 15.0 Å². The Morgan fingerprint density at radius 1 is 1.12 bits per heavy atom. The second kappa shape index (κ2) is 16.8. The lowest BCUT2D eigenvalue weighted by molar-refractivity contribution is -0.160. The van der Waals surface area contributed by atoms with Crippen molar-refractivity contribution in [2.24, 2.45) is 11.8 Å². The number of aliphatic hydroxyl groups excluding tert-OH is 1. The van der Waals surface area contributed by atoms with Crippen molar-refractivity contribution in [3.05, 3.63) is 85.5 Å². The van der Waals surface area contributed by atoms with E-state index in [-0.39, 0.29) is 55.2 Å². The number of nitrogens with zero attached hydrogens (tertiary/aromatic N) is 2. The van der Waals surface area contributed by atoms with Crippen LogP contribution in [0, 0.1) is 11.8 Å². The summed E-state index contributed by atoms with van der Waals surface area (Å²) in [5, 5.41) is 12.2. The number of carbonyl (C=O) groups excluding carboxylic acids is 4. The number of esters is 1. The highest BCUT2D eigenvalue weighted by Crippen LogP contribution is 2.60. The van der Waals surface area contributed by atoms with Crippen LogP contribution in [0.1, 0.15) is 50.2 Å². The molecule has 0 aliphatic carbocycles. The van der Waals surface area contributed by atoms with Crippen molar-refractivity contribution in [1.29, 1.82) is 0 Å². The van der Waals surface area contributed by atoms with E-state index in [1.54, 1.807) is 53.3 Å². The molecule has 50 heavy (non-hydrogen) atoms. The van der Waals surface area contributed by atoms with Crippen molar-refractivity contribution >= 4 is 45.3 Å². The van der Waals surface area contributed by atoms with Crippen molar-refractivity contribution in [3.8, 4) is 5.75 Å². The number of carbonyl (C=O) groups is 4. The first-order chi connectivity index (χ1) is 24.2. The number of aliphatic hydroxyl groups is 1. The number of alkyl halides is 1. The molecule has 2 aromatic carbocycles. The van der Waals surface area contributed by atoms with Crippen LogP contribution in [0.25, 0.3) is 0 Å². The molecule has 3 aliphatic heterocycles. The number of benzene rings is 2. The Bertz CT molecular complexity index is 1540. The van der Waals surface area contributed by atoms with Gasteiger partial charge >= 0.3 is 5.97 Å². The predicted molar refractivity (Wildman–Crippen MR) is 192 cm³/mol. The summed E-state index contributed by atoms with van der Waals surface area (Å²) >= 11 is 3.73. The third-order valence-corrected chi connectivity index (χ3v) is 10.6. The van der Waals surface area contributed by atoms with Crippen LogP contribution in [-0.4, -0.2) is 89.6 Å². The standard InChI is InChI=1S/C38H46BrN3O8/c1-4-6-15-30(44)40-24-29(25-13-9-7-10-14-25)49-37(47)31-32-35(45)42(21-11-8-12-22-43)34(38(32)23-28(39)33(31)50-38)36(46)41(20-5-2)26-16-18-27(48-3)19-17-26/h4-5,7,9-10,13-14,16-19,28-29,31-34,43H,1-2,6,8,11-12,15,20-24H2,3H3,(H,40,44)/t28?,29-,31-,32+,33-,34-,38+/m1/s1. The molecule has 2 bridgehead atoms. The average Bonchev–Trinajstić information content (AvgIpc) is 3.73. The molecule has 3 fully saturated rings. The van der Waals surface area contributed by atoms with Gasteiger partial charge in [0, 0.05) is 36.6 Å². The zero-order valence-corrected chi connectivity index (χ0v) is 30.0. The van der Waals surface area contributed by atoms with Gasteiger partial charge in [0.2, 0.25) is 11.8 Å². The maximum atomic E-state index is 14.8. The summed E-state index contributed by atoms with van der Waals surface area (Å²) in [5.74, 6) is -2.82. The second-order valence-electron chi connectivity index (χ2n) is 12.9. The van der Waals surface area contributed by atoms with E-state index in [1.165, 1.54) is 0 Å². The molecule has 2 N–H and O–H groups in total. The maximum absolute atomic E-state index is 14.8. The first kappa shape index (κ1) is 37.3. The largest absolute Gasteiger partial charge is 0.497 e. The first-order valence-electron chi connectivity index (χ1n) is 17.1. The van der Waals surface area contributed by atoms with Gasteiger partial charge in [0.15, 0.2) is 0 Å². The molecule has 5 rings (SSSR count). The van der Waals surface area contributed by atoms with Crippen LogP contribution in [0.15, 0.2) is 79.9 Å². The van der Waals surface area contributed by atoms with Gasteiger partial charge in [-0.05, 0) is 61.9 Å². The highest BCUT2D eigenvalue weighted by Gasteiger charge is 2.77. The van der Waals surface area contributed by atoms with Gasteiger partial charge in [0.05, 0.1) is 31.6 Å². The summed E-state index contributed by atoms with van der Waals surface area (Å²) in [4.78, 5) is 58.9. The minimum Gasteiger partial charge on any atom is -0.497 e. The van der Waals surface area contributed by atoms with Crippen molar-refractivity contribution in [3.63, 3.8) is 0 Å². The normalized spacial score (nSPS) is 25.5. The van der Waals surface area contributed by atoms with Crippen LogP contribution >= 0.6 is 15.9 Å². The molecule has 2 aromatic rings. The number of unbranched alkanes of at least 4 members (excludes halogenated alkanes) is 2. The van der Waals surface area contributed by atoms with Gasteiger partial charge in [0.1, 0.15) is 23.5 Å². The van der Waals surface area contributed by atoms with Crippen LogP contribution in [0.2, 0.25) is 0 Å². The fraction of sp³-hybridized carbons (Fsp3) is 0.474. The molecular formula is C38H46BrN3O8. The van der Waals surface area contributed by atoms with E-state index < -0.39 is 41.7 Å². The number of hydrogen-bond acceptors (Lipinski definition) is 8. The summed E-state index contributed by atoms with van der Waals surface area (Å²) < 4.78 is 18.2. The molecule has 0 saturated carbocycles. The average molecular weight is 753 g/mol. The van der Waals surface area contributed by atoms with E-state index in [0.29, 0.717) is 49.1 Å². The molecule has 3 amide bonds. The van der Waals surface area contributed by atoms with Crippen LogP contribution in [0.5, 0.6) is 5.75 Å². The molecule has 268 valence electrons. The number of amides is 3. The highest BCUT2D eigenvalue weighted by atomic mass is 79.9. The molecule has 0 radical (unpaired) electrons. The van der Waals surface area contributed by atoms with Crippen molar-refractivity contribution in [2.75, 3.05) is 38.3 Å². The van der Waals surface area contributed by atoms with Gasteiger partial charge in [-0.3, -0.25) is 19.2 Å².